The van der Waals surface area contributed by atoms with Crippen LogP contribution in [-0.4, -0.2) is 11.0 Å². The molecule has 0 saturated carbocycles. The topological polar surface area (TPSA) is 57.5 Å². The minimum absolute atomic E-state index is 0. The molecular weight excluding hydrogens is 294 g/mol. The van der Waals surface area contributed by atoms with Crippen molar-refractivity contribution in [2.24, 2.45) is 5.73 Å². The highest BCUT2D eigenvalue weighted by molar-refractivity contribution is 5.24. The van der Waals surface area contributed by atoms with Crippen LogP contribution in [0.3, 0.4) is 0 Å². The Hall–Kier alpha value is -0.860. The van der Waals surface area contributed by atoms with Gasteiger partial charge in [-0.05, 0) is 24.8 Å². The van der Waals surface area contributed by atoms with Gasteiger partial charge in [-0.3, -0.25) is 0 Å². The van der Waals surface area contributed by atoms with E-state index in [9.17, 15) is 0 Å². The number of nitrogens with two attached hydrogens (primary N) is 1. The van der Waals surface area contributed by atoms with Crippen LogP contribution in [0.25, 0.3) is 0 Å². The van der Waals surface area contributed by atoms with Crippen molar-refractivity contribution >= 4 is 0 Å². The lowest BCUT2D eigenvalue weighted by molar-refractivity contribution is 0.275. The third-order valence-corrected chi connectivity index (χ3v) is 5.17. The number of rotatable bonds is 13. The van der Waals surface area contributed by atoms with E-state index in [0.717, 1.165) is 12.8 Å². The molecule has 0 aliphatic heterocycles. The summed E-state index contributed by atoms with van der Waals surface area (Å²) in [5, 5.41) is 0. The van der Waals surface area contributed by atoms with E-state index in [-0.39, 0.29) is 11.0 Å². The molecule has 140 valence electrons. The molecule has 0 radical (unpaired) electrons. The highest BCUT2D eigenvalue weighted by Gasteiger charge is 2.33. The summed E-state index contributed by atoms with van der Waals surface area (Å²) in [5.74, 6) is 0.509. The summed E-state index contributed by atoms with van der Waals surface area (Å²) in [4.78, 5) is 0. The van der Waals surface area contributed by atoms with Gasteiger partial charge in [0.15, 0.2) is 0 Å². The van der Waals surface area contributed by atoms with Gasteiger partial charge in [0.25, 0.3) is 0 Å². The van der Waals surface area contributed by atoms with Crippen LogP contribution in [0.1, 0.15) is 103 Å². The van der Waals surface area contributed by atoms with Crippen molar-refractivity contribution in [1.29, 1.82) is 0 Å². The summed E-state index contributed by atoms with van der Waals surface area (Å²) in [6, 6.07) is 11.0. The number of hydrogen-bond acceptors (Lipinski definition) is 1. The van der Waals surface area contributed by atoms with Crippen LogP contribution in [-0.2, 0) is 0 Å². The monoisotopic (exact) mass is 335 g/mol. The molecule has 0 spiro atoms. The molecule has 24 heavy (non-hydrogen) atoms. The summed E-state index contributed by atoms with van der Waals surface area (Å²) < 4.78 is 0. The van der Waals surface area contributed by atoms with E-state index in [0.29, 0.717) is 5.92 Å². The van der Waals surface area contributed by atoms with E-state index < -0.39 is 0 Å². The van der Waals surface area contributed by atoms with Gasteiger partial charge in [0.1, 0.15) is 0 Å². The Balaban J connectivity index is 0.00000529. The van der Waals surface area contributed by atoms with E-state index >= 15 is 0 Å². The lowest BCUT2D eigenvalue weighted by atomic mass is 9.72. The summed E-state index contributed by atoms with van der Waals surface area (Å²) in [5.41, 5.74) is 8.37. The Morgan fingerprint density at radius 3 is 1.88 bits per heavy atom. The van der Waals surface area contributed by atoms with Crippen molar-refractivity contribution in [3.8, 4) is 0 Å². The Bertz CT molecular complexity index is 384. The van der Waals surface area contributed by atoms with Crippen molar-refractivity contribution in [2.75, 3.05) is 0 Å². The molecule has 1 aromatic rings. The van der Waals surface area contributed by atoms with E-state index in [1.54, 1.807) is 0 Å². The molecule has 2 heteroatoms. The normalized spacial score (nSPS) is 12.7. The number of unbranched alkanes of at least 4 members (excludes halogenated alkanes) is 5. The Kier molecular flexibility index (Phi) is 13.0. The molecular formula is C22H41NO. The molecule has 0 aromatic heterocycles. The average Bonchev–Trinajstić information content (AvgIpc) is 2.55. The molecule has 0 heterocycles. The van der Waals surface area contributed by atoms with Crippen molar-refractivity contribution in [3.63, 3.8) is 0 Å². The number of benzene rings is 1. The fourth-order valence-corrected chi connectivity index (χ4v) is 4.00. The standard InChI is InChI=1S/C22H39N.H2O/c1-4-7-8-9-10-14-17-21(20-15-12-11-13-16-20)22(23,18-5-2)19-6-3;/h11-13,15-16,21H,4-10,14,17-19,23H2,1-3H3;1H2. The van der Waals surface area contributed by atoms with Crippen LogP contribution in [0.4, 0.5) is 0 Å². The maximum atomic E-state index is 6.96. The van der Waals surface area contributed by atoms with E-state index in [2.05, 4.69) is 51.1 Å². The molecule has 1 rings (SSSR count). The zero-order valence-electron chi connectivity index (χ0n) is 16.3. The second kappa shape index (κ2) is 13.4. The van der Waals surface area contributed by atoms with Gasteiger partial charge in [-0.2, -0.15) is 0 Å². The summed E-state index contributed by atoms with van der Waals surface area (Å²) in [6.45, 7) is 6.82. The minimum Gasteiger partial charge on any atom is -0.412 e. The van der Waals surface area contributed by atoms with E-state index in [4.69, 9.17) is 5.73 Å². The summed E-state index contributed by atoms with van der Waals surface area (Å²) in [7, 11) is 0. The first-order chi connectivity index (χ1) is 11.2. The quantitative estimate of drug-likeness (QED) is 0.442. The first-order valence-corrected chi connectivity index (χ1v) is 10.0. The van der Waals surface area contributed by atoms with Gasteiger partial charge in [0.2, 0.25) is 0 Å². The fraction of sp³-hybridized carbons (Fsp3) is 0.727. The minimum atomic E-state index is -0.0335. The van der Waals surface area contributed by atoms with Crippen molar-refractivity contribution < 1.29 is 5.48 Å². The first-order valence-electron chi connectivity index (χ1n) is 10.0. The molecule has 0 fully saturated rings. The maximum Gasteiger partial charge on any atom is 0.0223 e. The maximum absolute atomic E-state index is 6.96. The molecule has 0 saturated heterocycles. The van der Waals surface area contributed by atoms with Gasteiger partial charge >= 0.3 is 0 Å². The lowest BCUT2D eigenvalue weighted by Gasteiger charge is -2.38. The molecule has 0 aliphatic carbocycles. The summed E-state index contributed by atoms with van der Waals surface area (Å²) in [6.07, 6.45) is 14.0. The molecule has 4 N–H and O–H groups in total. The Morgan fingerprint density at radius 1 is 0.792 bits per heavy atom. The zero-order valence-corrected chi connectivity index (χ0v) is 16.3. The predicted octanol–water partition coefficient (Wildman–Crippen LogP) is 5.99. The van der Waals surface area contributed by atoms with Gasteiger partial charge in [-0.1, -0.05) is 102 Å². The van der Waals surface area contributed by atoms with Crippen LogP contribution < -0.4 is 5.73 Å². The van der Waals surface area contributed by atoms with Gasteiger partial charge in [-0.15, -0.1) is 0 Å². The molecule has 0 amide bonds. The predicted molar refractivity (Wildman–Crippen MR) is 108 cm³/mol. The molecule has 0 aliphatic rings. The highest BCUT2D eigenvalue weighted by atomic mass is 16.0. The SMILES string of the molecule is CCCCCCCCC(c1ccccc1)C(N)(CCC)CCC.O. The molecule has 2 nitrogen and oxygen atoms in total. The van der Waals surface area contributed by atoms with Gasteiger partial charge in [-0.25, -0.2) is 0 Å². The molecule has 1 aromatic carbocycles. The summed E-state index contributed by atoms with van der Waals surface area (Å²) >= 11 is 0. The first kappa shape index (κ1) is 23.1. The third kappa shape index (κ3) is 7.81. The second-order valence-corrected chi connectivity index (χ2v) is 7.25. The van der Waals surface area contributed by atoms with Crippen LogP contribution >= 0.6 is 0 Å². The van der Waals surface area contributed by atoms with Crippen LogP contribution in [0.5, 0.6) is 0 Å². The van der Waals surface area contributed by atoms with Crippen LogP contribution in [0.2, 0.25) is 0 Å². The highest BCUT2D eigenvalue weighted by Crippen LogP contribution is 2.37. The van der Waals surface area contributed by atoms with E-state index in [1.165, 1.54) is 63.4 Å². The zero-order chi connectivity index (χ0) is 17.0. The van der Waals surface area contributed by atoms with E-state index in [1.807, 2.05) is 0 Å². The van der Waals surface area contributed by atoms with Crippen molar-refractivity contribution in [1.82, 2.24) is 0 Å². The van der Waals surface area contributed by atoms with Crippen LogP contribution in [0.15, 0.2) is 30.3 Å². The Morgan fingerprint density at radius 2 is 1.33 bits per heavy atom. The second-order valence-electron chi connectivity index (χ2n) is 7.25. The smallest absolute Gasteiger partial charge is 0.0223 e. The molecule has 0 bridgehead atoms. The molecule has 1 atom stereocenters. The third-order valence-electron chi connectivity index (χ3n) is 5.17. The Labute approximate surface area is 150 Å². The van der Waals surface area contributed by atoms with Crippen LogP contribution in [0, 0.1) is 0 Å². The van der Waals surface area contributed by atoms with Crippen molar-refractivity contribution in [2.45, 2.75) is 103 Å². The van der Waals surface area contributed by atoms with Crippen molar-refractivity contribution in [3.05, 3.63) is 35.9 Å². The average molecular weight is 336 g/mol. The van der Waals surface area contributed by atoms with Gasteiger partial charge < -0.3 is 11.2 Å². The molecule has 1 unspecified atom stereocenters. The fourth-order valence-electron chi connectivity index (χ4n) is 4.00. The largest absolute Gasteiger partial charge is 0.412 e. The lowest BCUT2D eigenvalue weighted by Crippen LogP contribution is -2.45. The van der Waals surface area contributed by atoms with Gasteiger partial charge in [0.05, 0.1) is 0 Å². The van der Waals surface area contributed by atoms with Gasteiger partial charge in [0, 0.05) is 11.5 Å². The number of hydrogen-bond donors (Lipinski definition) is 1.